The monoisotopic (exact) mass is 352 g/mol. The van der Waals surface area contributed by atoms with Crippen LogP contribution in [0.4, 0.5) is 5.82 Å². The van der Waals surface area contributed by atoms with Gasteiger partial charge in [0, 0.05) is 24.2 Å². The topological polar surface area (TPSA) is 96.5 Å². The minimum Gasteiger partial charge on any atom is -0.309 e. The number of carbonyl (C=O) groups is 1. The molecule has 1 saturated carbocycles. The van der Waals surface area contributed by atoms with Crippen molar-refractivity contribution in [1.29, 1.82) is 5.26 Å². The average molecular weight is 353 g/mol. The first-order chi connectivity index (χ1) is 12.0. The summed E-state index contributed by atoms with van der Waals surface area (Å²) in [6.07, 6.45) is 4.24. The zero-order valence-corrected chi connectivity index (χ0v) is 14.0. The lowest BCUT2D eigenvalue weighted by Gasteiger charge is -2.07. The number of aromatic nitrogens is 4. The van der Waals surface area contributed by atoms with Crippen LogP contribution in [0.5, 0.6) is 0 Å². The standard InChI is InChI=1S/C17H13ClN6O/c1-24-8-12(7-20-24)9-2-10-5-15(22-23-16(10)14(18)4-9)21-17(25)13-3-11(13)6-19/h2,4-5,7-8,11,13H,3H2,1H3,(H,21,22,25). The van der Waals surface area contributed by atoms with Crippen molar-refractivity contribution in [2.24, 2.45) is 18.9 Å². The molecular weight excluding hydrogens is 340 g/mol. The zero-order chi connectivity index (χ0) is 17.6. The highest BCUT2D eigenvalue weighted by molar-refractivity contribution is 6.35. The Kier molecular flexibility index (Phi) is 3.62. The Labute approximate surface area is 148 Å². The molecule has 3 aromatic rings. The van der Waals surface area contributed by atoms with Gasteiger partial charge in [0.1, 0.15) is 5.52 Å². The van der Waals surface area contributed by atoms with Crippen LogP contribution in [0, 0.1) is 23.2 Å². The molecule has 25 heavy (non-hydrogen) atoms. The number of amides is 1. The molecule has 0 radical (unpaired) electrons. The maximum absolute atomic E-state index is 12.1. The molecule has 2 unspecified atom stereocenters. The Morgan fingerprint density at radius 1 is 1.36 bits per heavy atom. The zero-order valence-electron chi connectivity index (χ0n) is 13.3. The number of fused-ring (bicyclic) bond motifs is 1. The Bertz CT molecular complexity index is 1040. The molecule has 124 valence electrons. The molecule has 2 heterocycles. The summed E-state index contributed by atoms with van der Waals surface area (Å²) in [5.41, 5.74) is 2.40. The summed E-state index contributed by atoms with van der Waals surface area (Å²) in [5.74, 6) is -0.303. The van der Waals surface area contributed by atoms with E-state index in [4.69, 9.17) is 16.9 Å². The first kappa shape index (κ1) is 15.5. The second-order valence-corrected chi connectivity index (χ2v) is 6.50. The Hall–Kier alpha value is -2.98. The maximum Gasteiger partial charge on any atom is 0.230 e. The lowest BCUT2D eigenvalue weighted by Crippen LogP contribution is -2.15. The number of nitriles is 1. The molecular formula is C17H13ClN6O. The van der Waals surface area contributed by atoms with E-state index in [1.165, 1.54) is 0 Å². The fraction of sp³-hybridized carbons (Fsp3) is 0.235. The predicted octanol–water partition coefficient (Wildman–Crippen LogP) is 2.78. The molecule has 0 spiro atoms. The van der Waals surface area contributed by atoms with E-state index in [2.05, 4.69) is 26.7 Å². The van der Waals surface area contributed by atoms with Gasteiger partial charge < -0.3 is 5.32 Å². The van der Waals surface area contributed by atoms with Gasteiger partial charge in [0.25, 0.3) is 0 Å². The van der Waals surface area contributed by atoms with Gasteiger partial charge in [0.05, 0.1) is 29.1 Å². The van der Waals surface area contributed by atoms with E-state index < -0.39 is 0 Å². The number of halogens is 1. The van der Waals surface area contributed by atoms with Crippen LogP contribution < -0.4 is 5.32 Å². The van der Waals surface area contributed by atoms with E-state index in [0.717, 1.165) is 16.5 Å². The molecule has 0 bridgehead atoms. The van der Waals surface area contributed by atoms with Gasteiger partial charge in [0.2, 0.25) is 5.91 Å². The van der Waals surface area contributed by atoms with Crippen LogP contribution in [0.15, 0.2) is 30.6 Å². The molecule has 8 heteroatoms. The minimum atomic E-state index is -0.257. The number of hydrogen-bond acceptors (Lipinski definition) is 5. The fourth-order valence-corrected chi connectivity index (χ4v) is 3.02. The summed E-state index contributed by atoms with van der Waals surface area (Å²) >= 11 is 6.32. The van der Waals surface area contributed by atoms with E-state index in [-0.39, 0.29) is 17.7 Å². The van der Waals surface area contributed by atoms with Crippen molar-refractivity contribution in [3.8, 4) is 17.2 Å². The van der Waals surface area contributed by atoms with E-state index in [9.17, 15) is 4.79 Å². The predicted molar refractivity (Wildman–Crippen MR) is 92.6 cm³/mol. The van der Waals surface area contributed by atoms with E-state index in [0.29, 0.717) is 22.8 Å². The molecule has 1 fully saturated rings. The van der Waals surface area contributed by atoms with E-state index in [1.807, 2.05) is 25.4 Å². The summed E-state index contributed by atoms with van der Waals surface area (Å²) in [6, 6.07) is 7.57. The van der Waals surface area contributed by atoms with Gasteiger partial charge >= 0.3 is 0 Å². The van der Waals surface area contributed by atoms with Crippen molar-refractivity contribution < 1.29 is 4.79 Å². The molecule has 1 aliphatic rings. The van der Waals surface area contributed by atoms with Crippen molar-refractivity contribution in [1.82, 2.24) is 20.0 Å². The van der Waals surface area contributed by atoms with Crippen LogP contribution >= 0.6 is 11.6 Å². The second-order valence-electron chi connectivity index (χ2n) is 6.10. The molecule has 7 nitrogen and oxygen atoms in total. The van der Waals surface area contributed by atoms with Crippen LogP contribution in [0.2, 0.25) is 5.02 Å². The summed E-state index contributed by atoms with van der Waals surface area (Å²) in [6.45, 7) is 0. The van der Waals surface area contributed by atoms with Crippen molar-refractivity contribution in [2.75, 3.05) is 5.32 Å². The van der Waals surface area contributed by atoms with Gasteiger partial charge in [-0.15, -0.1) is 10.2 Å². The number of benzene rings is 1. The molecule has 2 atom stereocenters. The highest BCUT2D eigenvalue weighted by atomic mass is 35.5. The molecule has 2 aromatic heterocycles. The highest BCUT2D eigenvalue weighted by Gasteiger charge is 2.43. The number of nitrogens with one attached hydrogen (secondary N) is 1. The summed E-state index contributed by atoms with van der Waals surface area (Å²) in [5, 5.41) is 25.1. The first-order valence-corrected chi connectivity index (χ1v) is 8.09. The van der Waals surface area contributed by atoms with Crippen LogP contribution in [0.3, 0.4) is 0 Å². The van der Waals surface area contributed by atoms with Gasteiger partial charge in [-0.25, -0.2) is 0 Å². The van der Waals surface area contributed by atoms with Crippen LogP contribution in [-0.4, -0.2) is 25.9 Å². The van der Waals surface area contributed by atoms with Crippen LogP contribution in [-0.2, 0) is 11.8 Å². The average Bonchev–Trinajstić information content (AvgIpc) is 3.27. The lowest BCUT2D eigenvalue weighted by atomic mass is 10.1. The van der Waals surface area contributed by atoms with Crippen molar-refractivity contribution in [3.05, 3.63) is 35.6 Å². The minimum absolute atomic E-state index is 0.194. The van der Waals surface area contributed by atoms with Gasteiger partial charge in [-0.2, -0.15) is 10.4 Å². The first-order valence-electron chi connectivity index (χ1n) is 7.71. The van der Waals surface area contributed by atoms with Crippen LogP contribution in [0.25, 0.3) is 22.0 Å². The Morgan fingerprint density at radius 3 is 2.88 bits per heavy atom. The van der Waals surface area contributed by atoms with E-state index >= 15 is 0 Å². The Morgan fingerprint density at radius 2 is 2.20 bits per heavy atom. The summed E-state index contributed by atoms with van der Waals surface area (Å²) < 4.78 is 1.71. The number of hydrogen-bond donors (Lipinski definition) is 1. The third-order valence-electron chi connectivity index (χ3n) is 4.23. The quantitative estimate of drug-likeness (QED) is 0.781. The number of nitrogens with zero attached hydrogens (tertiary/aromatic N) is 5. The summed E-state index contributed by atoms with van der Waals surface area (Å²) in [7, 11) is 1.84. The van der Waals surface area contributed by atoms with Crippen molar-refractivity contribution in [2.45, 2.75) is 6.42 Å². The molecule has 1 aliphatic carbocycles. The molecule has 1 N–H and O–H groups in total. The van der Waals surface area contributed by atoms with Crippen molar-refractivity contribution >= 4 is 34.2 Å². The highest BCUT2D eigenvalue weighted by Crippen LogP contribution is 2.38. The molecule has 1 aromatic carbocycles. The molecule has 0 aliphatic heterocycles. The number of rotatable bonds is 3. The lowest BCUT2D eigenvalue weighted by molar-refractivity contribution is -0.117. The van der Waals surface area contributed by atoms with E-state index in [1.54, 1.807) is 16.9 Å². The second kappa shape index (κ2) is 5.83. The normalized spacial score (nSPS) is 18.8. The van der Waals surface area contributed by atoms with Gasteiger partial charge in [0.15, 0.2) is 5.82 Å². The van der Waals surface area contributed by atoms with Gasteiger partial charge in [-0.3, -0.25) is 9.48 Å². The molecule has 1 amide bonds. The number of aryl methyl sites for hydroxylation is 1. The largest absolute Gasteiger partial charge is 0.309 e. The molecule has 0 saturated heterocycles. The van der Waals surface area contributed by atoms with Crippen molar-refractivity contribution in [3.63, 3.8) is 0 Å². The number of carbonyl (C=O) groups excluding carboxylic acids is 1. The SMILES string of the molecule is Cn1cc(-c2cc(Cl)c3nnc(NC(=O)C4CC4C#N)cc3c2)cn1. The fourth-order valence-electron chi connectivity index (χ4n) is 2.76. The Balaban J connectivity index is 1.67. The third-order valence-corrected chi connectivity index (χ3v) is 4.51. The maximum atomic E-state index is 12.1. The smallest absolute Gasteiger partial charge is 0.230 e. The number of anilines is 1. The van der Waals surface area contributed by atoms with Crippen LogP contribution in [0.1, 0.15) is 6.42 Å². The van der Waals surface area contributed by atoms with Gasteiger partial charge in [-0.1, -0.05) is 11.6 Å². The van der Waals surface area contributed by atoms with Gasteiger partial charge in [-0.05, 0) is 30.2 Å². The third kappa shape index (κ3) is 2.92. The summed E-state index contributed by atoms with van der Waals surface area (Å²) in [4.78, 5) is 12.1. The molecule has 4 rings (SSSR count).